The predicted molar refractivity (Wildman–Crippen MR) is 48.4 cm³/mol. The Kier molecular flexibility index (Phi) is 7.15. The van der Waals surface area contributed by atoms with Gasteiger partial charge >= 0.3 is 0 Å². The van der Waals surface area contributed by atoms with Crippen LogP contribution in [0.25, 0.3) is 0 Å². The summed E-state index contributed by atoms with van der Waals surface area (Å²) in [7, 11) is 0. The average Bonchev–Trinajstić information content (AvgIpc) is 1.96. The highest BCUT2D eigenvalue weighted by atomic mass is 14.7. The molecule has 3 nitrogen and oxygen atoms in total. The van der Waals surface area contributed by atoms with Crippen molar-refractivity contribution >= 4 is 5.84 Å². The molecule has 0 aliphatic carbocycles. The summed E-state index contributed by atoms with van der Waals surface area (Å²) in [6.07, 6.45) is 7.16. The lowest BCUT2D eigenvalue weighted by Gasteiger charge is -1.98. The molecule has 0 amide bonds. The minimum Gasteiger partial charge on any atom is -0.388 e. The molecular weight excluding hydrogens is 138 g/mol. The average molecular weight is 156 g/mol. The van der Waals surface area contributed by atoms with E-state index in [-0.39, 0.29) is 5.84 Å². The zero-order valence-corrected chi connectivity index (χ0v) is 6.97. The summed E-state index contributed by atoms with van der Waals surface area (Å²) in [6.45, 7) is 0.767. The fourth-order valence-electron chi connectivity index (χ4n) is 0.843. The maximum atomic E-state index is 6.95. The topological polar surface area (TPSA) is 75.9 Å². The van der Waals surface area contributed by atoms with E-state index in [1.807, 2.05) is 0 Å². The van der Waals surface area contributed by atoms with Gasteiger partial charge in [0.1, 0.15) is 0 Å². The monoisotopic (exact) mass is 156 g/mol. The largest absolute Gasteiger partial charge is 0.388 e. The van der Waals surface area contributed by atoms with Crippen LogP contribution in [0.1, 0.15) is 32.1 Å². The number of rotatable bonds is 7. The number of unbranched alkanes of at least 4 members (excludes halogenated alkanes) is 4. The molecule has 0 saturated heterocycles. The summed E-state index contributed by atoms with van der Waals surface area (Å²) in [5.41, 5.74) is 10.5. The summed E-state index contributed by atoms with van der Waals surface area (Å²) >= 11 is 0. The van der Waals surface area contributed by atoms with Crippen LogP contribution in [0, 0.1) is 11.8 Å². The fourth-order valence-corrected chi connectivity index (χ4v) is 0.843. The van der Waals surface area contributed by atoms with Gasteiger partial charge in [-0.25, -0.2) is 0 Å². The van der Waals surface area contributed by atoms with Gasteiger partial charge in [0.25, 0.3) is 0 Å². The Morgan fingerprint density at radius 1 is 1.27 bits per heavy atom. The maximum absolute atomic E-state index is 6.95. The molecule has 0 aliphatic heterocycles. The summed E-state index contributed by atoms with van der Waals surface area (Å²) in [4.78, 5) is 0. The van der Waals surface area contributed by atoms with E-state index in [2.05, 4.69) is 6.42 Å². The van der Waals surface area contributed by atoms with Crippen LogP contribution in [0.5, 0.6) is 0 Å². The number of nitrogens with two attached hydrogens (primary N) is 2. The first kappa shape index (κ1) is 10.4. The molecule has 0 heterocycles. The Balaban J connectivity index is 2.85. The second kappa shape index (κ2) is 7.54. The van der Waals surface area contributed by atoms with Crippen molar-refractivity contribution in [3.63, 3.8) is 0 Å². The molecule has 5 N–H and O–H groups in total. The van der Waals surface area contributed by atoms with Gasteiger partial charge in [0.2, 0.25) is 0 Å². The van der Waals surface area contributed by atoms with Gasteiger partial charge in [-0.15, -0.1) is 0 Å². The van der Waals surface area contributed by atoms with Crippen molar-refractivity contribution in [3.05, 3.63) is 6.42 Å². The zero-order chi connectivity index (χ0) is 8.53. The van der Waals surface area contributed by atoms with Crippen LogP contribution in [0.4, 0.5) is 0 Å². The molecule has 0 rings (SSSR count). The quantitative estimate of drug-likeness (QED) is 0.292. The van der Waals surface area contributed by atoms with Crippen LogP contribution in [0.2, 0.25) is 0 Å². The van der Waals surface area contributed by atoms with Gasteiger partial charge in [0, 0.05) is 6.42 Å². The Morgan fingerprint density at radius 2 is 1.91 bits per heavy atom. The first-order valence-corrected chi connectivity index (χ1v) is 4.12. The van der Waals surface area contributed by atoms with Gasteiger partial charge in [0.05, 0.1) is 5.84 Å². The number of hydrogen-bond acceptors (Lipinski definition) is 2. The fraction of sp³-hybridized carbons (Fsp3) is 0.750. The molecule has 3 heteroatoms. The smallest absolute Gasteiger partial charge is 0.0905 e. The van der Waals surface area contributed by atoms with Gasteiger partial charge in [-0.1, -0.05) is 0 Å². The number of hydrogen-bond donors (Lipinski definition) is 3. The number of amidine groups is 1. The highest BCUT2D eigenvalue weighted by Crippen LogP contribution is 2.02. The summed E-state index contributed by atoms with van der Waals surface area (Å²) in [5, 5.41) is 6.95. The van der Waals surface area contributed by atoms with E-state index in [0.29, 0.717) is 0 Å². The third-order valence-corrected chi connectivity index (χ3v) is 1.47. The zero-order valence-electron chi connectivity index (χ0n) is 6.97. The van der Waals surface area contributed by atoms with Crippen molar-refractivity contribution in [2.24, 2.45) is 11.5 Å². The lowest BCUT2D eigenvalue weighted by Crippen LogP contribution is -2.08. The van der Waals surface area contributed by atoms with Crippen LogP contribution < -0.4 is 11.5 Å². The summed E-state index contributed by atoms with van der Waals surface area (Å²) < 4.78 is 0. The maximum Gasteiger partial charge on any atom is 0.0905 e. The van der Waals surface area contributed by atoms with E-state index in [1.54, 1.807) is 0 Å². The molecule has 0 aliphatic rings. The second-order valence-electron chi connectivity index (χ2n) is 2.64. The molecule has 0 fully saturated rings. The van der Waals surface area contributed by atoms with Gasteiger partial charge < -0.3 is 11.5 Å². The van der Waals surface area contributed by atoms with E-state index in [0.717, 1.165) is 38.6 Å². The van der Waals surface area contributed by atoms with Crippen molar-refractivity contribution in [1.82, 2.24) is 0 Å². The van der Waals surface area contributed by atoms with Crippen molar-refractivity contribution in [1.29, 1.82) is 5.41 Å². The lowest BCUT2D eigenvalue weighted by atomic mass is 10.1. The van der Waals surface area contributed by atoms with Crippen LogP contribution in [-0.4, -0.2) is 12.4 Å². The third kappa shape index (κ3) is 9.43. The molecule has 11 heavy (non-hydrogen) atoms. The Hall–Kier alpha value is -0.570. The summed E-state index contributed by atoms with van der Waals surface area (Å²) in [6, 6.07) is 0. The molecule has 65 valence electrons. The van der Waals surface area contributed by atoms with Crippen molar-refractivity contribution in [2.75, 3.05) is 6.54 Å². The molecule has 1 radical (unpaired) electrons. The SMILES string of the molecule is N=C(N)CCC[CH]CCCN. The Morgan fingerprint density at radius 3 is 2.45 bits per heavy atom. The van der Waals surface area contributed by atoms with E-state index in [9.17, 15) is 0 Å². The van der Waals surface area contributed by atoms with E-state index in [1.165, 1.54) is 0 Å². The predicted octanol–water partition coefficient (Wildman–Crippen LogP) is 1.04. The van der Waals surface area contributed by atoms with Crippen molar-refractivity contribution in [2.45, 2.75) is 32.1 Å². The first-order valence-electron chi connectivity index (χ1n) is 4.12. The van der Waals surface area contributed by atoms with Crippen LogP contribution in [-0.2, 0) is 0 Å². The molecule has 0 aromatic rings. The molecule has 0 saturated carbocycles. The second-order valence-corrected chi connectivity index (χ2v) is 2.64. The van der Waals surface area contributed by atoms with Gasteiger partial charge in [-0.05, 0) is 38.6 Å². The molecule has 0 unspecified atom stereocenters. The summed E-state index contributed by atoms with van der Waals surface area (Å²) in [5.74, 6) is 0.289. The van der Waals surface area contributed by atoms with Gasteiger partial charge in [-0.2, -0.15) is 0 Å². The third-order valence-electron chi connectivity index (χ3n) is 1.47. The Labute approximate surface area is 68.7 Å². The molecular formula is C8H18N3. The highest BCUT2D eigenvalue weighted by Gasteiger charge is 1.91. The van der Waals surface area contributed by atoms with E-state index < -0.39 is 0 Å². The lowest BCUT2D eigenvalue weighted by molar-refractivity contribution is 0.744. The minimum absolute atomic E-state index is 0.289. The highest BCUT2D eigenvalue weighted by molar-refractivity contribution is 5.76. The van der Waals surface area contributed by atoms with Crippen molar-refractivity contribution in [3.8, 4) is 0 Å². The van der Waals surface area contributed by atoms with Crippen LogP contribution in [0.15, 0.2) is 0 Å². The standard InChI is InChI=1S/C8H18N3/c9-7-5-3-1-2-4-6-8(10)11/h1H,2-7,9H2,(H3,10,11). The van der Waals surface area contributed by atoms with Crippen LogP contribution in [0.3, 0.4) is 0 Å². The molecule has 0 aromatic heterocycles. The van der Waals surface area contributed by atoms with E-state index >= 15 is 0 Å². The molecule has 0 atom stereocenters. The van der Waals surface area contributed by atoms with E-state index in [4.69, 9.17) is 16.9 Å². The molecule has 0 bridgehead atoms. The normalized spacial score (nSPS) is 9.91. The van der Waals surface area contributed by atoms with Gasteiger partial charge in [0.15, 0.2) is 0 Å². The molecule has 0 aromatic carbocycles. The van der Waals surface area contributed by atoms with Gasteiger partial charge in [-0.3, -0.25) is 5.41 Å². The number of nitrogens with one attached hydrogen (secondary N) is 1. The first-order chi connectivity index (χ1) is 5.27. The van der Waals surface area contributed by atoms with Crippen molar-refractivity contribution < 1.29 is 0 Å². The Bertz CT molecular complexity index is 102. The van der Waals surface area contributed by atoms with Crippen LogP contribution >= 0.6 is 0 Å². The minimum atomic E-state index is 0.289. The molecule has 0 spiro atoms.